The SMILES string of the molecule is O=C(CN1CCCCC1)N1C[C@H]2C[C@@H](Oc3ccc4c(c3)OCO4)[C@H](O)C[C@H]2C1. The molecular weight excluding hydrogens is 372 g/mol. The first-order valence-corrected chi connectivity index (χ1v) is 10.9. The summed E-state index contributed by atoms with van der Waals surface area (Å²) in [6.45, 7) is 4.40. The highest BCUT2D eigenvalue weighted by atomic mass is 16.7. The lowest BCUT2D eigenvalue weighted by Gasteiger charge is -2.35. The fourth-order valence-electron chi connectivity index (χ4n) is 5.25. The number of ether oxygens (including phenoxy) is 3. The van der Waals surface area contributed by atoms with Gasteiger partial charge < -0.3 is 24.2 Å². The van der Waals surface area contributed by atoms with Crippen LogP contribution in [0.2, 0.25) is 0 Å². The van der Waals surface area contributed by atoms with Gasteiger partial charge in [0.1, 0.15) is 11.9 Å². The Morgan fingerprint density at radius 2 is 1.83 bits per heavy atom. The number of hydrogen-bond donors (Lipinski definition) is 1. The van der Waals surface area contributed by atoms with Crippen LogP contribution < -0.4 is 14.2 Å². The Morgan fingerprint density at radius 1 is 1.07 bits per heavy atom. The van der Waals surface area contributed by atoms with E-state index in [1.54, 1.807) is 0 Å². The molecule has 2 saturated heterocycles. The molecule has 1 N–H and O–H groups in total. The molecule has 1 aromatic rings. The maximum atomic E-state index is 12.8. The molecule has 7 nitrogen and oxygen atoms in total. The zero-order chi connectivity index (χ0) is 19.8. The first-order chi connectivity index (χ1) is 14.2. The highest BCUT2D eigenvalue weighted by Gasteiger charge is 2.44. The molecule has 1 aromatic carbocycles. The Balaban J connectivity index is 1.18. The van der Waals surface area contributed by atoms with E-state index in [1.807, 2.05) is 23.1 Å². The second-order valence-corrected chi connectivity index (χ2v) is 8.87. The Labute approximate surface area is 171 Å². The third-order valence-corrected chi connectivity index (χ3v) is 6.88. The molecule has 1 amide bonds. The number of hydrogen-bond acceptors (Lipinski definition) is 6. The second kappa shape index (κ2) is 8.03. The number of carbonyl (C=O) groups is 1. The number of amides is 1. The van der Waals surface area contributed by atoms with Crippen LogP contribution in [0.5, 0.6) is 17.2 Å². The van der Waals surface area contributed by atoms with Crippen LogP contribution in [0, 0.1) is 11.8 Å². The van der Waals surface area contributed by atoms with Crippen LogP contribution in [0.25, 0.3) is 0 Å². The van der Waals surface area contributed by atoms with E-state index in [0.29, 0.717) is 36.3 Å². The lowest BCUT2D eigenvalue weighted by atomic mass is 9.78. The summed E-state index contributed by atoms with van der Waals surface area (Å²) in [6, 6.07) is 5.52. The highest BCUT2D eigenvalue weighted by molar-refractivity contribution is 5.78. The zero-order valence-corrected chi connectivity index (χ0v) is 16.8. The molecule has 158 valence electrons. The monoisotopic (exact) mass is 402 g/mol. The molecule has 3 heterocycles. The number of fused-ring (bicyclic) bond motifs is 2. The molecule has 4 atom stereocenters. The van der Waals surface area contributed by atoms with E-state index in [4.69, 9.17) is 14.2 Å². The van der Waals surface area contributed by atoms with Crippen LogP contribution in [0.15, 0.2) is 18.2 Å². The van der Waals surface area contributed by atoms with Crippen molar-refractivity contribution in [3.8, 4) is 17.2 Å². The van der Waals surface area contributed by atoms with Crippen molar-refractivity contribution in [1.29, 1.82) is 0 Å². The number of benzene rings is 1. The van der Waals surface area contributed by atoms with Crippen molar-refractivity contribution in [1.82, 2.24) is 9.80 Å². The lowest BCUT2D eigenvalue weighted by Crippen LogP contribution is -2.42. The predicted octanol–water partition coefficient (Wildman–Crippen LogP) is 1.88. The third kappa shape index (κ3) is 4.03. The average Bonchev–Trinajstić information content (AvgIpc) is 3.35. The normalized spacial score (nSPS) is 31.6. The quantitative estimate of drug-likeness (QED) is 0.829. The second-order valence-electron chi connectivity index (χ2n) is 8.87. The maximum absolute atomic E-state index is 12.8. The summed E-state index contributed by atoms with van der Waals surface area (Å²) in [5.74, 6) is 3.09. The molecule has 0 bridgehead atoms. The largest absolute Gasteiger partial charge is 0.488 e. The van der Waals surface area contributed by atoms with E-state index < -0.39 is 6.10 Å². The molecule has 5 rings (SSSR count). The van der Waals surface area contributed by atoms with Gasteiger partial charge >= 0.3 is 0 Å². The van der Waals surface area contributed by atoms with Gasteiger partial charge in [0.15, 0.2) is 11.5 Å². The maximum Gasteiger partial charge on any atom is 0.236 e. The van der Waals surface area contributed by atoms with E-state index in [0.717, 1.165) is 38.3 Å². The molecule has 29 heavy (non-hydrogen) atoms. The van der Waals surface area contributed by atoms with Gasteiger partial charge in [-0.1, -0.05) is 6.42 Å². The molecule has 0 spiro atoms. The lowest BCUT2D eigenvalue weighted by molar-refractivity contribution is -0.131. The van der Waals surface area contributed by atoms with Crippen LogP contribution in [0.1, 0.15) is 32.1 Å². The highest BCUT2D eigenvalue weighted by Crippen LogP contribution is 2.40. The minimum atomic E-state index is -0.515. The summed E-state index contributed by atoms with van der Waals surface area (Å²) < 4.78 is 16.9. The van der Waals surface area contributed by atoms with E-state index in [1.165, 1.54) is 19.3 Å². The van der Waals surface area contributed by atoms with Crippen molar-refractivity contribution in [2.75, 3.05) is 39.5 Å². The zero-order valence-electron chi connectivity index (χ0n) is 16.8. The Hall–Kier alpha value is -1.99. The topological polar surface area (TPSA) is 71.5 Å². The van der Waals surface area contributed by atoms with Gasteiger partial charge in [0.25, 0.3) is 0 Å². The van der Waals surface area contributed by atoms with Crippen molar-refractivity contribution < 1.29 is 24.1 Å². The summed E-state index contributed by atoms with van der Waals surface area (Å²) in [7, 11) is 0. The number of rotatable bonds is 4. The fourth-order valence-corrected chi connectivity index (χ4v) is 5.25. The minimum absolute atomic E-state index is 0.232. The van der Waals surface area contributed by atoms with E-state index in [-0.39, 0.29) is 18.8 Å². The number of likely N-dealkylation sites (tertiary alicyclic amines) is 2. The molecule has 0 unspecified atom stereocenters. The standard InChI is InChI=1S/C22H30N2O5/c25-18-8-15-11-24(22(26)13-23-6-2-1-3-7-23)12-16(15)9-20(18)29-17-4-5-19-21(10-17)28-14-27-19/h4-5,10,15-16,18,20,25H,1-3,6-9,11-14H2/t15-,16+,18+,20+/m0/s1. The van der Waals surface area contributed by atoms with Crippen molar-refractivity contribution in [2.24, 2.45) is 11.8 Å². The van der Waals surface area contributed by atoms with Crippen molar-refractivity contribution >= 4 is 5.91 Å². The Morgan fingerprint density at radius 3 is 2.66 bits per heavy atom. The number of aliphatic hydroxyl groups is 1. The smallest absolute Gasteiger partial charge is 0.236 e. The van der Waals surface area contributed by atoms with Crippen LogP contribution in [-0.2, 0) is 4.79 Å². The van der Waals surface area contributed by atoms with Crippen LogP contribution >= 0.6 is 0 Å². The molecule has 7 heteroatoms. The van der Waals surface area contributed by atoms with E-state index in [9.17, 15) is 9.90 Å². The summed E-state index contributed by atoms with van der Waals surface area (Å²) >= 11 is 0. The first-order valence-electron chi connectivity index (χ1n) is 10.9. The van der Waals surface area contributed by atoms with Gasteiger partial charge in [0.2, 0.25) is 12.7 Å². The third-order valence-electron chi connectivity index (χ3n) is 6.88. The molecule has 0 aromatic heterocycles. The van der Waals surface area contributed by atoms with Gasteiger partial charge in [-0.15, -0.1) is 0 Å². The number of carbonyl (C=O) groups excluding carboxylic acids is 1. The summed E-state index contributed by atoms with van der Waals surface area (Å²) in [5.41, 5.74) is 0. The van der Waals surface area contributed by atoms with E-state index in [2.05, 4.69) is 4.90 Å². The molecule has 3 aliphatic heterocycles. The van der Waals surface area contributed by atoms with Gasteiger partial charge in [-0.3, -0.25) is 9.69 Å². The van der Waals surface area contributed by atoms with Crippen LogP contribution in [0.3, 0.4) is 0 Å². The molecular formula is C22H30N2O5. The molecule has 3 fully saturated rings. The summed E-state index contributed by atoms with van der Waals surface area (Å²) in [6.07, 6.45) is 4.36. The van der Waals surface area contributed by atoms with Crippen LogP contribution in [-0.4, -0.2) is 72.5 Å². The Bertz CT molecular complexity index is 751. The van der Waals surface area contributed by atoms with Gasteiger partial charge in [-0.05, 0) is 62.7 Å². The van der Waals surface area contributed by atoms with Gasteiger partial charge in [0.05, 0.1) is 12.6 Å². The summed E-state index contributed by atoms with van der Waals surface area (Å²) in [4.78, 5) is 17.1. The number of piperidine rings is 1. The van der Waals surface area contributed by atoms with Gasteiger partial charge in [0, 0.05) is 19.2 Å². The van der Waals surface area contributed by atoms with E-state index >= 15 is 0 Å². The molecule has 1 saturated carbocycles. The Kier molecular flexibility index (Phi) is 5.26. The first kappa shape index (κ1) is 19.0. The fraction of sp³-hybridized carbons (Fsp3) is 0.682. The minimum Gasteiger partial charge on any atom is -0.488 e. The van der Waals surface area contributed by atoms with Gasteiger partial charge in [-0.25, -0.2) is 0 Å². The molecule has 4 aliphatic rings. The van der Waals surface area contributed by atoms with Crippen LogP contribution in [0.4, 0.5) is 0 Å². The molecule has 0 radical (unpaired) electrons. The average molecular weight is 402 g/mol. The summed E-state index contributed by atoms with van der Waals surface area (Å²) in [5, 5.41) is 10.7. The van der Waals surface area contributed by atoms with Gasteiger partial charge in [-0.2, -0.15) is 0 Å². The number of nitrogens with zero attached hydrogens (tertiary/aromatic N) is 2. The molecule has 1 aliphatic carbocycles. The van der Waals surface area contributed by atoms with Crippen molar-refractivity contribution in [3.05, 3.63) is 18.2 Å². The number of aliphatic hydroxyl groups excluding tert-OH is 1. The van der Waals surface area contributed by atoms with Crippen molar-refractivity contribution in [2.45, 2.75) is 44.3 Å². The predicted molar refractivity (Wildman–Crippen MR) is 106 cm³/mol. The van der Waals surface area contributed by atoms with Crippen molar-refractivity contribution in [3.63, 3.8) is 0 Å².